The van der Waals surface area contributed by atoms with Crippen LogP contribution in [0, 0.1) is 11.7 Å². The maximum absolute atomic E-state index is 14.1. The van der Waals surface area contributed by atoms with Gasteiger partial charge in [0.25, 0.3) is 0 Å². The van der Waals surface area contributed by atoms with E-state index in [-0.39, 0.29) is 23.2 Å². The van der Waals surface area contributed by atoms with Crippen molar-refractivity contribution in [1.82, 2.24) is 0 Å². The Bertz CT molecular complexity index is 556. The quantitative estimate of drug-likeness (QED) is 0.709. The van der Waals surface area contributed by atoms with Gasteiger partial charge in [0.05, 0.1) is 11.5 Å². The van der Waals surface area contributed by atoms with E-state index < -0.39 is 15.3 Å². The molecule has 0 aliphatic carbocycles. The fraction of sp³-hybridized carbons (Fsp3) is 0.538. The lowest BCUT2D eigenvalue weighted by atomic mass is 9.73. The molecular formula is C13H15Br2FO2S. The Hall–Kier alpha value is 0.0600. The number of rotatable bonds is 4. The third kappa shape index (κ3) is 2.90. The van der Waals surface area contributed by atoms with Crippen molar-refractivity contribution in [3.8, 4) is 0 Å². The molecule has 2 rings (SSSR count). The maximum Gasteiger partial charge on any atom is 0.150 e. The van der Waals surface area contributed by atoms with Crippen LogP contribution >= 0.6 is 31.9 Å². The largest absolute Gasteiger partial charge is 0.229 e. The van der Waals surface area contributed by atoms with Crippen molar-refractivity contribution in [3.05, 3.63) is 35.6 Å². The minimum atomic E-state index is -2.98. The van der Waals surface area contributed by atoms with Gasteiger partial charge in [-0.15, -0.1) is 0 Å². The molecule has 0 amide bonds. The van der Waals surface area contributed by atoms with Crippen molar-refractivity contribution in [2.24, 2.45) is 5.92 Å². The van der Waals surface area contributed by atoms with E-state index in [0.29, 0.717) is 22.6 Å². The van der Waals surface area contributed by atoms with E-state index in [9.17, 15) is 12.8 Å². The summed E-state index contributed by atoms with van der Waals surface area (Å²) in [7, 11) is -2.98. The summed E-state index contributed by atoms with van der Waals surface area (Å²) in [6.07, 6.45) is 0.591. The van der Waals surface area contributed by atoms with Crippen LogP contribution in [-0.2, 0) is 15.3 Å². The maximum atomic E-state index is 14.1. The lowest BCUT2D eigenvalue weighted by Crippen LogP contribution is -2.40. The SMILES string of the molecule is O=S1(=O)CCC(C(CBr)(CBr)c2ccccc2F)C1. The Morgan fingerprint density at radius 2 is 1.89 bits per heavy atom. The van der Waals surface area contributed by atoms with Gasteiger partial charge in [-0.25, -0.2) is 12.8 Å². The number of benzene rings is 1. The van der Waals surface area contributed by atoms with Gasteiger partial charge in [0.15, 0.2) is 9.84 Å². The molecule has 0 radical (unpaired) electrons. The second-order valence-electron chi connectivity index (χ2n) is 5.00. The van der Waals surface area contributed by atoms with Gasteiger partial charge >= 0.3 is 0 Å². The summed E-state index contributed by atoms with van der Waals surface area (Å²) in [6, 6.07) is 6.63. The minimum absolute atomic E-state index is 0.0619. The molecule has 19 heavy (non-hydrogen) atoms. The van der Waals surface area contributed by atoms with Crippen LogP contribution in [0.4, 0.5) is 4.39 Å². The molecule has 1 fully saturated rings. The van der Waals surface area contributed by atoms with Crippen molar-refractivity contribution in [3.63, 3.8) is 0 Å². The van der Waals surface area contributed by atoms with Crippen LogP contribution in [0.25, 0.3) is 0 Å². The van der Waals surface area contributed by atoms with Gasteiger partial charge in [0, 0.05) is 16.1 Å². The van der Waals surface area contributed by atoms with Gasteiger partial charge in [-0.2, -0.15) is 0 Å². The normalized spacial score (nSPS) is 22.6. The second-order valence-corrected chi connectivity index (χ2v) is 8.35. The molecule has 1 unspecified atom stereocenters. The van der Waals surface area contributed by atoms with Crippen LogP contribution in [0.15, 0.2) is 24.3 Å². The van der Waals surface area contributed by atoms with Crippen LogP contribution in [0.3, 0.4) is 0 Å². The highest BCUT2D eigenvalue weighted by Gasteiger charge is 2.45. The molecule has 106 valence electrons. The summed E-state index contributed by atoms with van der Waals surface area (Å²) in [5.74, 6) is 0.00529. The first-order chi connectivity index (χ1) is 8.95. The summed E-state index contributed by atoms with van der Waals surface area (Å²) in [4.78, 5) is 0. The fourth-order valence-electron chi connectivity index (χ4n) is 2.71. The molecule has 1 aromatic carbocycles. The van der Waals surface area contributed by atoms with Crippen LogP contribution in [0.2, 0.25) is 0 Å². The molecule has 1 aliphatic heterocycles. The molecular weight excluding hydrogens is 399 g/mol. The zero-order valence-corrected chi connectivity index (χ0v) is 14.3. The third-order valence-electron chi connectivity index (χ3n) is 3.90. The summed E-state index contributed by atoms with van der Waals surface area (Å²) in [5.41, 5.74) is 0.0698. The number of hydrogen-bond acceptors (Lipinski definition) is 2. The van der Waals surface area contributed by atoms with Crippen LogP contribution in [0.5, 0.6) is 0 Å². The molecule has 0 saturated carbocycles. The average Bonchev–Trinajstić information content (AvgIpc) is 2.74. The number of hydrogen-bond donors (Lipinski definition) is 0. The first-order valence-corrected chi connectivity index (χ1v) is 10.1. The van der Waals surface area contributed by atoms with E-state index in [0.717, 1.165) is 0 Å². The summed E-state index contributed by atoms with van der Waals surface area (Å²) in [5, 5.41) is 1.07. The highest BCUT2D eigenvalue weighted by atomic mass is 79.9. The Balaban J connectivity index is 2.47. The number of halogens is 3. The standard InChI is InChI=1S/C13H15Br2FO2S/c14-8-13(9-15,10-5-6-19(17,18)7-10)11-3-1-2-4-12(11)16/h1-4,10H,5-9H2. The van der Waals surface area contributed by atoms with Crippen molar-refractivity contribution >= 4 is 41.7 Å². The molecule has 6 heteroatoms. The average molecular weight is 414 g/mol. The van der Waals surface area contributed by atoms with E-state index in [1.54, 1.807) is 18.2 Å². The van der Waals surface area contributed by atoms with Gasteiger partial charge in [-0.1, -0.05) is 50.1 Å². The van der Waals surface area contributed by atoms with Crippen molar-refractivity contribution in [2.45, 2.75) is 11.8 Å². The Kier molecular flexibility index (Phi) is 4.73. The van der Waals surface area contributed by atoms with Crippen LogP contribution in [-0.4, -0.2) is 30.6 Å². The molecule has 1 aliphatic rings. The lowest BCUT2D eigenvalue weighted by molar-refractivity contribution is 0.356. The van der Waals surface area contributed by atoms with Crippen molar-refractivity contribution in [2.75, 3.05) is 22.2 Å². The fourth-order valence-corrected chi connectivity index (χ4v) is 7.07. The van der Waals surface area contributed by atoms with Gasteiger partial charge in [0.2, 0.25) is 0 Å². The molecule has 0 bridgehead atoms. The molecule has 0 spiro atoms. The molecule has 0 aromatic heterocycles. The van der Waals surface area contributed by atoms with E-state index in [1.807, 2.05) is 0 Å². The van der Waals surface area contributed by atoms with E-state index >= 15 is 0 Å². The summed E-state index contributed by atoms with van der Waals surface area (Å²) < 4.78 is 37.5. The van der Waals surface area contributed by atoms with Gasteiger partial charge in [0.1, 0.15) is 5.82 Å². The highest BCUT2D eigenvalue weighted by Crippen LogP contribution is 2.42. The van der Waals surface area contributed by atoms with E-state index in [2.05, 4.69) is 31.9 Å². The van der Waals surface area contributed by atoms with Gasteiger partial charge in [-0.05, 0) is 24.0 Å². The summed E-state index contributed by atoms with van der Waals surface area (Å²) >= 11 is 6.92. The smallest absolute Gasteiger partial charge is 0.150 e. The van der Waals surface area contributed by atoms with E-state index in [1.165, 1.54) is 6.07 Å². The third-order valence-corrected chi connectivity index (χ3v) is 7.67. The van der Waals surface area contributed by atoms with Gasteiger partial charge < -0.3 is 0 Å². The Morgan fingerprint density at radius 1 is 1.26 bits per heavy atom. The first-order valence-electron chi connectivity index (χ1n) is 6.02. The minimum Gasteiger partial charge on any atom is -0.229 e. The molecule has 1 heterocycles. The number of alkyl halides is 2. The molecule has 0 N–H and O–H groups in total. The molecule has 1 aromatic rings. The molecule has 1 saturated heterocycles. The van der Waals surface area contributed by atoms with Gasteiger partial charge in [-0.3, -0.25) is 0 Å². The van der Waals surface area contributed by atoms with Crippen molar-refractivity contribution < 1.29 is 12.8 Å². The van der Waals surface area contributed by atoms with Crippen molar-refractivity contribution in [1.29, 1.82) is 0 Å². The Labute approximate surface area is 130 Å². The predicted molar refractivity (Wildman–Crippen MR) is 82.4 cm³/mol. The predicted octanol–water partition coefficient (Wildman–Crippen LogP) is 3.29. The van der Waals surface area contributed by atoms with Crippen LogP contribution in [0.1, 0.15) is 12.0 Å². The molecule has 2 nitrogen and oxygen atoms in total. The Morgan fingerprint density at radius 3 is 2.37 bits per heavy atom. The van der Waals surface area contributed by atoms with E-state index in [4.69, 9.17) is 0 Å². The second kappa shape index (κ2) is 5.82. The van der Waals surface area contributed by atoms with Crippen LogP contribution < -0.4 is 0 Å². The lowest BCUT2D eigenvalue weighted by Gasteiger charge is -2.36. The zero-order valence-electron chi connectivity index (χ0n) is 10.3. The summed E-state index contributed by atoms with van der Waals surface area (Å²) in [6.45, 7) is 0. The highest BCUT2D eigenvalue weighted by molar-refractivity contribution is 9.09. The number of sulfone groups is 1. The topological polar surface area (TPSA) is 34.1 Å². The first kappa shape index (κ1) is 15.4. The zero-order chi connectivity index (χ0) is 14.1. The monoisotopic (exact) mass is 412 g/mol. The molecule has 1 atom stereocenters.